The zero-order valence-corrected chi connectivity index (χ0v) is 15.2. The van der Waals surface area contributed by atoms with Gasteiger partial charge in [-0.05, 0) is 13.3 Å². The number of carbonyl (C=O) groups is 1. The molecular formula is C18H25N5O3. The second-order valence-corrected chi connectivity index (χ2v) is 5.75. The first-order valence-corrected chi connectivity index (χ1v) is 8.81. The third-order valence-electron chi connectivity index (χ3n) is 3.74. The predicted molar refractivity (Wildman–Crippen MR) is 100 cm³/mol. The van der Waals surface area contributed by atoms with Gasteiger partial charge in [-0.3, -0.25) is 9.79 Å². The van der Waals surface area contributed by atoms with Crippen molar-refractivity contribution >= 4 is 23.7 Å². The summed E-state index contributed by atoms with van der Waals surface area (Å²) < 4.78 is 10.9. The van der Waals surface area contributed by atoms with Crippen LogP contribution in [0.5, 0.6) is 5.75 Å². The molecule has 0 aromatic carbocycles. The molecule has 1 atom stereocenters. The van der Waals surface area contributed by atoms with Gasteiger partial charge in [-0.15, -0.1) is 0 Å². The first-order valence-electron chi connectivity index (χ1n) is 8.81. The van der Waals surface area contributed by atoms with Crippen molar-refractivity contribution < 1.29 is 14.3 Å². The highest BCUT2D eigenvalue weighted by molar-refractivity contribution is 5.92. The minimum atomic E-state index is -0.329. The van der Waals surface area contributed by atoms with Crippen molar-refractivity contribution in [1.29, 1.82) is 5.41 Å². The van der Waals surface area contributed by atoms with Crippen molar-refractivity contribution in [2.24, 2.45) is 10.9 Å². The van der Waals surface area contributed by atoms with Crippen molar-refractivity contribution in [2.75, 3.05) is 25.1 Å². The number of anilines is 1. The van der Waals surface area contributed by atoms with Crippen molar-refractivity contribution in [1.82, 2.24) is 9.97 Å². The number of hydrogen-bond donors (Lipinski definition) is 2. The van der Waals surface area contributed by atoms with E-state index in [1.54, 1.807) is 25.4 Å². The monoisotopic (exact) mass is 359 g/mol. The van der Waals surface area contributed by atoms with Gasteiger partial charge in [-0.2, -0.15) is 0 Å². The van der Waals surface area contributed by atoms with Gasteiger partial charge in [0.1, 0.15) is 6.61 Å². The maximum absolute atomic E-state index is 11.9. The second-order valence-electron chi connectivity index (χ2n) is 5.75. The summed E-state index contributed by atoms with van der Waals surface area (Å²) >= 11 is 0. The van der Waals surface area contributed by atoms with Crippen LogP contribution in [0.3, 0.4) is 0 Å². The number of rotatable bonds is 10. The number of unbranched alkanes of at least 4 members (excludes halogenated alkanes) is 1. The van der Waals surface area contributed by atoms with Crippen LogP contribution < -0.4 is 10.1 Å². The van der Waals surface area contributed by atoms with E-state index in [9.17, 15) is 4.79 Å². The quantitative estimate of drug-likeness (QED) is 0.377. The summed E-state index contributed by atoms with van der Waals surface area (Å²) in [6.45, 7) is 5.24. The Balaban J connectivity index is 1.99. The van der Waals surface area contributed by atoms with Gasteiger partial charge in [-0.25, -0.2) is 9.97 Å². The Morgan fingerprint density at radius 3 is 3.04 bits per heavy atom. The van der Waals surface area contributed by atoms with Crippen LogP contribution in [-0.2, 0) is 9.53 Å². The Kier molecular flexibility index (Phi) is 7.73. The Hall–Kier alpha value is -2.77. The third kappa shape index (κ3) is 5.65. The molecule has 1 aliphatic rings. The van der Waals surface area contributed by atoms with E-state index >= 15 is 0 Å². The number of esters is 1. The minimum absolute atomic E-state index is 0.232. The smallest absolute Gasteiger partial charge is 0.313 e. The summed E-state index contributed by atoms with van der Waals surface area (Å²) in [5.74, 6) is 0.788. The van der Waals surface area contributed by atoms with Crippen LogP contribution in [-0.4, -0.2) is 47.6 Å². The SMILES string of the molecule is CCCCNc1nc(C=N)ncc1OCC1=NC=CC(C(=O)OCC)C1. The van der Waals surface area contributed by atoms with Gasteiger partial charge in [0, 0.05) is 19.2 Å². The lowest BCUT2D eigenvalue weighted by atomic mass is 10.0. The summed E-state index contributed by atoms with van der Waals surface area (Å²) in [5, 5.41) is 10.5. The molecule has 2 N–H and O–H groups in total. The van der Waals surface area contributed by atoms with Crippen molar-refractivity contribution in [2.45, 2.75) is 33.1 Å². The van der Waals surface area contributed by atoms with Gasteiger partial charge in [0.15, 0.2) is 17.4 Å². The Morgan fingerprint density at radius 2 is 2.31 bits per heavy atom. The highest BCUT2D eigenvalue weighted by atomic mass is 16.5. The Labute approximate surface area is 153 Å². The number of nitrogens with one attached hydrogen (secondary N) is 2. The molecule has 0 saturated carbocycles. The van der Waals surface area contributed by atoms with E-state index in [0.717, 1.165) is 31.3 Å². The van der Waals surface area contributed by atoms with Crippen LogP contribution in [0, 0.1) is 11.3 Å². The van der Waals surface area contributed by atoms with Crippen molar-refractivity contribution in [3.8, 4) is 5.75 Å². The maximum Gasteiger partial charge on any atom is 0.313 e. The lowest BCUT2D eigenvalue weighted by Gasteiger charge is -2.17. The topological polar surface area (TPSA) is 110 Å². The molecule has 8 heteroatoms. The molecule has 0 bridgehead atoms. The van der Waals surface area contributed by atoms with Crippen molar-refractivity contribution in [3.63, 3.8) is 0 Å². The first kappa shape index (κ1) is 19.6. The molecule has 0 spiro atoms. The number of ether oxygens (including phenoxy) is 2. The van der Waals surface area contributed by atoms with Crippen LogP contribution in [0.15, 0.2) is 23.5 Å². The lowest BCUT2D eigenvalue weighted by Crippen LogP contribution is -2.24. The summed E-state index contributed by atoms with van der Waals surface area (Å²) in [5.41, 5.74) is 0.751. The van der Waals surface area contributed by atoms with Gasteiger partial charge in [0.05, 0.1) is 30.6 Å². The predicted octanol–water partition coefficient (Wildman–Crippen LogP) is 2.60. The molecule has 0 fully saturated rings. The third-order valence-corrected chi connectivity index (χ3v) is 3.74. The summed E-state index contributed by atoms with van der Waals surface area (Å²) in [7, 11) is 0. The maximum atomic E-state index is 11.9. The standard InChI is InChI=1S/C18H25N5O3/c1-3-5-7-21-17-15(11-22-16(10-19)23-17)26-12-14-9-13(6-8-20-14)18(24)25-4-2/h6,8,10-11,13,19H,3-5,7,9,12H2,1-2H3,(H,21,22,23). The van der Waals surface area contributed by atoms with Crippen LogP contribution in [0.25, 0.3) is 0 Å². The highest BCUT2D eigenvalue weighted by Crippen LogP contribution is 2.22. The molecule has 0 saturated heterocycles. The van der Waals surface area contributed by atoms with Crippen LogP contribution in [0.1, 0.15) is 38.9 Å². The molecule has 1 aromatic rings. The molecule has 1 aromatic heterocycles. The van der Waals surface area contributed by atoms with Crippen molar-refractivity contribution in [3.05, 3.63) is 24.3 Å². The van der Waals surface area contributed by atoms with Gasteiger partial charge >= 0.3 is 5.97 Å². The average molecular weight is 359 g/mol. The van der Waals surface area contributed by atoms with E-state index in [2.05, 4.69) is 27.2 Å². The molecular weight excluding hydrogens is 334 g/mol. The Morgan fingerprint density at radius 1 is 1.46 bits per heavy atom. The minimum Gasteiger partial charge on any atom is -0.482 e. The number of aromatic nitrogens is 2. The van der Waals surface area contributed by atoms with E-state index < -0.39 is 0 Å². The zero-order chi connectivity index (χ0) is 18.8. The average Bonchev–Trinajstić information content (AvgIpc) is 2.67. The van der Waals surface area contributed by atoms with E-state index in [1.165, 1.54) is 0 Å². The summed E-state index contributed by atoms with van der Waals surface area (Å²) in [4.78, 5) is 24.5. The largest absolute Gasteiger partial charge is 0.482 e. The first-order chi connectivity index (χ1) is 12.7. The zero-order valence-electron chi connectivity index (χ0n) is 15.2. The van der Waals surface area contributed by atoms with Crippen LogP contribution in [0.2, 0.25) is 0 Å². The fourth-order valence-electron chi connectivity index (χ4n) is 2.37. The fraction of sp³-hybridized carbons (Fsp3) is 0.500. The van der Waals surface area contributed by atoms with Crippen LogP contribution >= 0.6 is 0 Å². The number of aliphatic imine (C=N–C) groups is 1. The summed E-state index contributed by atoms with van der Waals surface area (Å²) in [6, 6.07) is 0. The summed E-state index contributed by atoms with van der Waals surface area (Å²) in [6.07, 6.45) is 8.51. The molecule has 0 aliphatic carbocycles. The molecule has 0 amide bonds. The second kappa shape index (κ2) is 10.3. The van der Waals surface area contributed by atoms with Gasteiger partial charge in [-0.1, -0.05) is 19.4 Å². The fourth-order valence-corrected chi connectivity index (χ4v) is 2.37. The lowest BCUT2D eigenvalue weighted by molar-refractivity contribution is -0.146. The molecule has 0 radical (unpaired) electrons. The van der Waals surface area contributed by atoms with Gasteiger partial charge in [0.25, 0.3) is 0 Å². The molecule has 26 heavy (non-hydrogen) atoms. The molecule has 2 heterocycles. The van der Waals surface area contributed by atoms with E-state index in [4.69, 9.17) is 14.9 Å². The number of hydrogen-bond acceptors (Lipinski definition) is 8. The highest BCUT2D eigenvalue weighted by Gasteiger charge is 2.22. The normalized spacial score (nSPS) is 15.9. The number of carbonyl (C=O) groups excluding carboxylic acids is 1. The van der Waals surface area contributed by atoms with E-state index in [-0.39, 0.29) is 18.5 Å². The number of nitrogens with zero attached hydrogens (tertiary/aromatic N) is 3. The Bertz CT molecular complexity index is 687. The van der Waals surface area contributed by atoms with Gasteiger partial charge in [0.2, 0.25) is 0 Å². The molecule has 1 aliphatic heterocycles. The van der Waals surface area contributed by atoms with E-state index in [0.29, 0.717) is 30.4 Å². The molecule has 140 valence electrons. The molecule has 2 rings (SSSR count). The van der Waals surface area contributed by atoms with E-state index in [1.807, 2.05) is 0 Å². The molecule has 1 unspecified atom stereocenters. The van der Waals surface area contributed by atoms with Gasteiger partial charge < -0.3 is 20.2 Å². The molecule has 8 nitrogen and oxygen atoms in total. The van der Waals surface area contributed by atoms with Crippen LogP contribution in [0.4, 0.5) is 5.82 Å².